The highest BCUT2D eigenvalue weighted by Crippen LogP contribution is 2.07. The Morgan fingerprint density at radius 2 is 1.91 bits per heavy atom. The Hall–Kier alpha value is -0.960. The number of rotatable bonds is 2. The van der Waals surface area contributed by atoms with Gasteiger partial charge in [-0.2, -0.15) is 0 Å². The van der Waals surface area contributed by atoms with E-state index in [4.69, 9.17) is 0 Å². The van der Waals surface area contributed by atoms with Crippen molar-refractivity contribution in [1.82, 2.24) is 9.97 Å². The lowest BCUT2D eigenvalue weighted by atomic mass is 10.2. The van der Waals surface area contributed by atoms with E-state index < -0.39 is 0 Å². The molecule has 60 valence electrons. The van der Waals surface area contributed by atoms with Crippen LogP contribution < -0.4 is 5.32 Å². The first kappa shape index (κ1) is 8.14. The van der Waals surface area contributed by atoms with E-state index in [1.54, 1.807) is 17.7 Å². The standard InChI is InChI=1S/C8H13N3/c1-6(2)8-10-4-7(9-3)5-11-8/h4-6H,3,9H2,1-2H3. The molecule has 0 fully saturated rings. The second-order valence-electron chi connectivity index (χ2n) is 2.73. The molecule has 0 atom stereocenters. The smallest absolute Gasteiger partial charge is 0.140 e. The normalized spacial score (nSPS) is 10.5. The van der Waals surface area contributed by atoms with Gasteiger partial charge in [0, 0.05) is 5.92 Å². The van der Waals surface area contributed by atoms with Crippen LogP contribution in [0.15, 0.2) is 12.4 Å². The lowest BCUT2D eigenvalue weighted by Gasteiger charge is -2.02. The predicted molar refractivity (Wildman–Crippen MR) is 43.1 cm³/mol. The lowest BCUT2D eigenvalue weighted by Crippen LogP contribution is -2.69. The van der Waals surface area contributed by atoms with Crippen molar-refractivity contribution >= 4 is 5.69 Å². The van der Waals surface area contributed by atoms with E-state index >= 15 is 0 Å². The molecule has 0 unspecified atom stereocenters. The quantitative estimate of drug-likeness (QED) is 0.628. The van der Waals surface area contributed by atoms with Crippen molar-refractivity contribution in [3.8, 4) is 0 Å². The maximum absolute atomic E-state index is 4.17. The summed E-state index contributed by atoms with van der Waals surface area (Å²) < 4.78 is 0. The number of nitrogens with zero attached hydrogens (tertiary/aromatic N) is 2. The molecular weight excluding hydrogens is 138 g/mol. The summed E-state index contributed by atoms with van der Waals surface area (Å²) in [6, 6.07) is 0. The van der Waals surface area contributed by atoms with Crippen molar-refractivity contribution in [3.05, 3.63) is 25.3 Å². The fourth-order valence-electron chi connectivity index (χ4n) is 0.752. The third-order valence-electron chi connectivity index (χ3n) is 1.44. The molecule has 0 saturated carbocycles. The van der Waals surface area contributed by atoms with Gasteiger partial charge in [0.2, 0.25) is 0 Å². The van der Waals surface area contributed by atoms with Crippen molar-refractivity contribution in [2.24, 2.45) is 0 Å². The van der Waals surface area contributed by atoms with Crippen molar-refractivity contribution in [2.45, 2.75) is 19.8 Å². The van der Waals surface area contributed by atoms with Gasteiger partial charge in [-0.25, -0.2) is 9.97 Å². The van der Waals surface area contributed by atoms with Crippen LogP contribution in [0.4, 0.5) is 5.69 Å². The van der Waals surface area contributed by atoms with E-state index in [9.17, 15) is 0 Å². The van der Waals surface area contributed by atoms with Gasteiger partial charge in [0.15, 0.2) is 0 Å². The predicted octanol–water partition coefficient (Wildman–Crippen LogP) is 0.586. The highest BCUT2D eigenvalue weighted by atomic mass is 14.9. The summed E-state index contributed by atoms with van der Waals surface area (Å²) in [5.41, 5.74) is 0.967. The van der Waals surface area contributed by atoms with E-state index in [0.717, 1.165) is 11.5 Å². The third-order valence-corrected chi connectivity index (χ3v) is 1.44. The van der Waals surface area contributed by atoms with Gasteiger partial charge in [-0.15, -0.1) is 7.05 Å². The zero-order chi connectivity index (χ0) is 8.27. The molecule has 0 aromatic carbocycles. The molecule has 0 aliphatic rings. The molecule has 1 aromatic heterocycles. The number of nitrogens with two attached hydrogens (primary N) is 1. The van der Waals surface area contributed by atoms with Crippen LogP contribution >= 0.6 is 0 Å². The maximum atomic E-state index is 4.17. The summed E-state index contributed by atoms with van der Waals surface area (Å²) in [4.78, 5) is 8.33. The minimum absolute atomic E-state index is 0.397. The molecule has 3 nitrogen and oxygen atoms in total. The van der Waals surface area contributed by atoms with Gasteiger partial charge in [0.25, 0.3) is 0 Å². The molecule has 2 N–H and O–H groups in total. The first-order valence-electron chi connectivity index (χ1n) is 3.68. The first-order valence-corrected chi connectivity index (χ1v) is 3.68. The van der Waals surface area contributed by atoms with Gasteiger partial charge < -0.3 is 5.32 Å². The van der Waals surface area contributed by atoms with Crippen LogP contribution in [-0.2, 0) is 0 Å². The van der Waals surface area contributed by atoms with Crippen molar-refractivity contribution < 1.29 is 5.32 Å². The number of hydrogen-bond donors (Lipinski definition) is 1. The molecule has 0 bridgehead atoms. The number of aromatic nitrogens is 2. The van der Waals surface area contributed by atoms with Crippen LogP contribution in [0.3, 0.4) is 0 Å². The van der Waals surface area contributed by atoms with Crippen molar-refractivity contribution in [1.29, 1.82) is 0 Å². The Morgan fingerprint density at radius 3 is 2.27 bits per heavy atom. The summed E-state index contributed by atoms with van der Waals surface area (Å²) in [7, 11) is 3.63. The van der Waals surface area contributed by atoms with Gasteiger partial charge in [-0.3, -0.25) is 0 Å². The molecule has 0 amide bonds. The molecule has 3 heteroatoms. The molecule has 1 aromatic rings. The summed E-state index contributed by atoms with van der Waals surface area (Å²) in [5, 5.41) is 1.74. The topological polar surface area (TPSA) is 42.4 Å². The zero-order valence-electron chi connectivity index (χ0n) is 6.91. The van der Waals surface area contributed by atoms with Crippen molar-refractivity contribution in [2.75, 3.05) is 0 Å². The van der Waals surface area contributed by atoms with Gasteiger partial charge in [-0.05, 0) is 0 Å². The van der Waals surface area contributed by atoms with Crippen LogP contribution in [0.5, 0.6) is 0 Å². The van der Waals surface area contributed by atoms with E-state index in [1.807, 2.05) is 0 Å². The van der Waals surface area contributed by atoms with Crippen LogP contribution in [-0.4, -0.2) is 9.97 Å². The molecule has 11 heavy (non-hydrogen) atoms. The second-order valence-corrected chi connectivity index (χ2v) is 2.73. The third kappa shape index (κ3) is 1.98. The largest absolute Gasteiger partial charge is 0.443 e. The summed E-state index contributed by atoms with van der Waals surface area (Å²) in [6.45, 7) is 4.14. The molecule has 0 aliphatic carbocycles. The number of quaternary nitrogens is 1. The van der Waals surface area contributed by atoms with E-state index in [2.05, 4.69) is 30.9 Å². The van der Waals surface area contributed by atoms with E-state index in [-0.39, 0.29) is 0 Å². The average molecular weight is 151 g/mol. The maximum Gasteiger partial charge on any atom is 0.140 e. The van der Waals surface area contributed by atoms with E-state index in [1.165, 1.54) is 0 Å². The molecule has 1 heterocycles. The Balaban J connectivity index is 2.83. The first-order chi connectivity index (χ1) is 5.24. The monoisotopic (exact) mass is 151 g/mol. The lowest BCUT2D eigenvalue weighted by molar-refractivity contribution is -0.505. The second kappa shape index (κ2) is 3.44. The van der Waals surface area contributed by atoms with Gasteiger partial charge in [0.05, 0.1) is 12.4 Å². The van der Waals surface area contributed by atoms with Crippen LogP contribution in [0, 0.1) is 7.05 Å². The van der Waals surface area contributed by atoms with Crippen LogP contribution in [0.2, 0.25) is 0 Å². The Labute approximate surface area is 66.9 Å². The van der Waals surface area contributed by atoms with Crippen LogP contribution in [0.1, 0.15) is 25.6 Å². The molecule has 0 radical (unpaired) electrons. The molecule has 0 saturated heterocycles. The fraction of sp³-hybridized carbons (Fsp3) is 0.375. The summed E-state index contributed by atoms with van der Waals surface area (Å²) in [6.07, 6.45) is 3.57. The average Bonchev–Trinajstić information content (AvgIpc) is 2.05. The molecule has 1 rings (SSSR count). The number of hydrogen-bond acceptors (Lipinski definition) is 2. The van der Waals surface area contributed by atoms with Gasteiger partial charge >= 0.3 is 0 Å². The van der Waals surface area contributed by atoms with Gasteiger partial charge in [-0.1, -0.05) is 13.8 Å². The highest BCUT2D eigenvalue weighted by Gasteiger charge is 2.01. The van der Waals surface area contributed by atoms with Crippen LogP contribution in [0.25, 0.3) is 0 Å². The summed E-state index contributed by atoms with van der Waals surface area (Å²) in [5.74, 6) is 1.28. The summed E-state index contributed by atoms with van der Waals surface area (Å²) >= 11 is 0. The SMILES string of the molecule is [CH2-][NH2+]c1cnc(C(C)C)nc1. The zero-order valence-corrected chi connectivity index (χ0v) is 6.91. The Kier molecular flexibility index (Phi) is 2.54. The Bertz CT molecular complexity index is 215. The Morgan fingerprint density at radius 1 is 1.36 bits per heavy atom. The minimum Gasteiger partial charge on any atom is -0.443 e. The van der Waals surface area contributed by atoms with Gasteiger partial charge in [0.1, 0.15) is 11.5 Å². The highest BCUT2D eigenvalue weighted by molar-refractivity contribution is 5.19. The van der Waals surface area contributed by atoms with E-state index in [0.29, 0.717) is 5.92 Å². The molecular formula is C8H13N3. The molecule has 0 spiro atoms. The fourth-order valence-corrected chi connectivity index (χ4v) is 0.752. The molecule has 0 aliphatic heterocycles. The minimum atomic E-state index is 0.397. The van der Waals surface area contributed by atoms with Crippen molar-refractivity contribution in [3.63, 3.8) is 0 Å².